The predicted molar refractivity (Wildman–Crippen MR) is 106 cm³/mol. The molecular formula is C18H21N3O3S2. The molecule has 0 atom stereocenters. The molecule has 138 valence electrons. The third-order valence-electron chi connectivity index (χ3n) is 3.63. The highest BCUT2D eigenvalue weighted by atomic mass is 32.2. The van der Waals surface area contributed by atoms with Crippen molar-refractivity contribution < 1.29 is 13.2 Å². The number of ether oxygens (including phenoxy) is 1. The molecule has 26 heavy (non-hydrogen) atoms. The number of para-hydroxylation sites is 2. The van der Waals surface area contributed by atoms with Crippen molar-refractivity contribution >= 4 is 32.8 Å². The molecule has 3 rings (SSSR count). The van der Waals surface area contributed by atoms with Gasteiger partial charge >= 0.3 is 0 Å². The molecule has 0 saturated carbocycles. The first kappa shape index (κ1) is 18.8. The van der Waals surface area contributed by atoms with Crippen molar-refractivity contribution in [3.05, 3.63) is 48.5 Å². The maximum Gasteiger partial charge on any atom is 0.208 e. The first-order valence-corrected chi connectivity index (χ1v) is 11.1. The summed E-state index contributed by atoms with van der Waals surface area (Å²) in [6.45, 7) is 2.94. The van der Waals surface area contributed by atoms with E-state index in [1.54, 1.807) is 0 Å². The van der Waals surface area contributed by atoms with Crippen LogP contribution in [0.15, 0.2) is 53.7 Å². The van der Waals surface area contributed by atoms with Crippen LogP contribution in [0, 0.1) is 0 Å². The normalized spacial score (nSPS) is 11.8. The Kier molecular flexibility index (Phi) is 5.85. The second-order valence-corrected chi connectivity index (χ2v) is 8.56. The molecule has 0 aliphatic heterocycles. The smallest absolute Gasteiger partial charge is 0.208 e. The summed E-state index contributed by atoms with van der Waals surface area (Å²) in [6, 6.07) is 15.8. The molecule has 0 aliphatic rings. The van der Waals surface area contributed by atoms with Crippen molar-refractivity contribution in [2.75, 3.05) is 25.2 Å². The van der Waals surface area contributed by atoms with Gasteiger partial charge in [0.2, 0.25) is 10.0 Å². The van der Waals surface area contributed by atoms with Gasteiger partial charge in [0.1, 0.15) is 5.75 Å². The van der Waals surface area contributed by atoms with E-state index in [-0.39, 0.29) is 0 Å². The lowest BCUT2D eigenvalue weighted by Gasteiger charge is -2.10. The van der Waals surface area contributed by atoms with E-state index in [1.807, 2.05) is 55.5 Å². The van der Waals surface area contributed by atoms with E-state index in [1.165, 1.54) is 11.8 Å². The minimum atomic E-state index is -3.18. The molecule has 0 spiro atoms. The van der Waals surface area contributed by atoms with Crippen LogP contribution in [0.2, 0.25) is 0 Å². The quantitative estimate of drug-likeness (QED) is 0.472. The highest BCUT2D eigenvalue weighted by Gasteiger charge is 2.13. The van der Waals surface area contributed by atoms with Crippen molar-refractivity contribution in [1.82, 2.24) is 14.3 Å². The molecule has 1 aromatic heterocycles. The number of sulfonamides is 1. The largest absolute Gasteiger partial charge is 0.494 e. The lowest BCUT2D eigenvalue weighted by atomic mass is 10.2. The van der Waals surface area contributed by atoms with Gasteiger partial charge in [-0.25, -0.2) is 18.1 Å². The highest BCUT2D eigenvalue weighted by Crippen LogP contribution is 2.28. The summed E-state index contributed by atoms with van der Waals surface area (Å²) in [5.41, 5.74) is 2.90. The number of nitrogens with zero attached hydrogens (tertiary/aromatic N) is 2. The zero-order chi connectivity index (χ0) is 18.6. The van der Waals surface area contributed by atoms with Crippen LogP contribution in [0.5, 0.6) is 5.75 Å². The summed E-state index contributed by atoms with van der Waals surface area (Å²) in [5.74, 6) is 1.42. The number of fused-ring (bicyclic) bond motifs is 1. The van der Waals surface area contributed by atoms with E-state index in [0.717, 1.165) is 33.9 Å². The van der Waals surface area contributed by atoms with Crippen LogP contribution < -0.4 is 9.46 Å². The van der Waals surface area contributed by atoms with Gasteiger partial charge in [0.05, 0.1) is 23.9 Å². The second kappa shape index (κ2) is 8.11. The molecule has 0 unspecified atom stereocenters. The van der Waals surface area contributed by atoms with E-state index >= 15 is 0 Å². The number of imidazole rings is 1. The summed E-state index contributed by atoms with van der Waals surface area (Å²) in [7, 11) is -3.18. The lowest BCUT2D eigenvalue weighted by molar-refractivity contribution is 0.340. The van der Waals surface area contributed by atoms with Crippen LogP contribution in [0.25, 0.3) is 16.7 Å². The Morgan fingerprint density at radius 3 is 2.58 bits per heavy atom. The topological polar surface area (TPSA) is 73.2 Å². The fourth-order valence-electron chi connectivity index (χ4n) is 2.58. The molecular weight excluding hydrogens is 370 g/mol. The van der Waals surface area contributed by atoms with E-state index in [9.17, 15) is 8.42 Å². The fourth-order valence-corrected chi connectivity index (χ4v) is 4.06. The Morgan fingerprint density at radius 2 is 1.88 bits per heavy atom. The molecule has 0 radical (unpaired) electrons. The number of thioether (sulfide) groups is 1. The number of benzene rings is 2. The number of aromatic nitrogens is 2. The zero-order valence-electron chi connectivity index (χ0n) is 14.7. The summed E-state index contributed by atoms with van der Waals surface area (Å²) < 4.78 is 32.5. The average Bonchev–Trinajstić information content (AvgIpc) is 2.97. The van der Waals surface area contributed by atoms with Gasteiger partial charge in [-0.2, -0.15) is 0 Å². The van der Waals surface area contributed by atoms with Crippen LogP contribution in [0.3, 0.4) is 0 Å². The van der Waals surface area contributed by atoms with Crippen LogP contribution >= 0.6 is 11.8 Å². The van der Waals surface area contributed by atoms with Gasteiger partial charge in [-0.3, -0.25) is 4.57 Å². The summed E-state index contributed by atoms with van der Waals surface area (Å²) in [6.07, 6.45) is 1.16. The van der Waals surface area contributed by atoms with E-state index < -0.39 is 10.0 Å². The van der Waals surface area contributed by atoms with Crippen molar-refractivity contribution in [3.8, 4) is 11.4 Å². The van der Waals surface area contributed by atoms with Gasteiger partial charge in [-0.1, -0.05) is 23.9 Å². The zero-order valence-corrected chi connectivity index (χ0v) is 16.3. The van der Waals surface area contributed by atoms with Gasteiger partial charge in [-0.15, -0.1) is 0 Å². The van der Waals surface area contributed by atoms with Crippen LogP contribution in [0.1, 0.15) is 6.92 Å². The Labute approximate surface area is 157 Å². The minimum absolute atomic E-state index is 0.357. The molecule has 0 fully saturated rings. The van der Waals surface area contributed by atoms with Gasteiger partial charge < -0.3 is 4.74 Å². The first-order chi connectivity index (χ1) is 12.5. The van der Waals surface area contributed by atoms with Gasteiger partial charge in [0, 0.05) is 18.0 Å². The molecule has 8 heteroatoms. The van der Waals surface area contributed by atoms with Crippen molar-refractivity contribution in [2.45, 2.75) is 12.1 Å². The molecule has 3 aromatic rings. The average molecular weight is 392 g/mol. The molecule has 0 amide bonds. The number of rotatable bonds is 8. The standard InChI is InChI=1S/C18H21N3O3S2/c1-3-24-15-10-8-14(9-11-15)21-17-7-5-4-6-16(17)20-18(21)25-13-12-19-26(2,22)23/h4-11,19H,3,12-13H2,1-2H3. The number of hydrogen-bond acceptors (Lipinski definition) is 5. The van der Waals surface area contributed by atoms with Crippen LogP contribution in [0.4, 0.5) is 0 Å². The first-order valence-electron chi connectivity index (χ1n) is 8.26. The van der Waals surface area contributed by atoms with E-state index in [2.05, 4.69) is 9.29 Å². The summed E-state index contributed by atoms with van der Waals surface area (Å²) in [5, 5.41) is 0.825. The van der Waals surface area contributed by atoms with Crippen LogP contribution in [-0.2, 0) is 10.0 Å². The second-order valence-electron chi connectivity index (χ2n) is 5.66. The van der Waals surface area contributed by atoms with Gasteiger partial charge in [0.15, 0.2) is 5.16 Å². The molecule has 2 aromatic carbocycles. The summed E-state index contributed by atoms with van der Waals surface area (Å²) in [4.78, 5) is 4.70. The Bertz CT molecular complexity index is 983. The molecule has 0 saturated heterocycles. The monoisotopic (exact) mass is 391 g/mol. The van der Waals surface area contributed by atoms with Gasteiger partial charge in [-0.05, 0) is 43.3 Å². The van der Waals surface area contributed by atoms with Crippen LogP contribution in [-0.4, -0.2) is 43.1 Å². The number of nitrogens with one attached hydrogen (secondary N) is 1. The molecule has 0 bridgehead atoms. The van der Waals surface area contributed by atoms with E-state index in [0.29, 0.717) is 18.9 Å². The third kappa shape index (κ3) is 4.57. The lowest BCUT2D eigenvalue weighted by Crippen LogP contribution is -2.24. The molecule has 1 heterocycles. The maximum atomic E-state index is 11.2. The third-order valence-corrected chi connectivity index (χ3v) is 5.30. The number of hydrogen-bond donors (Lipinski definition) is 1. The Hall–Kier alpha value is -2.03. The van der Waals surface area contributed by atoms with Crippen molar-refractivity contribution in [2.24, 2.45) is 0 Å². The van der Waals surface area contributed by atoms with Crippen molar-refractivity contribution in [3.63, 3.8) is 0 Å². The van der Waals surface area contributed by atoms with E-state index in [4.69, 9.17) is 9.72 Å². The highest BCUT2D eigenvalue weighted by molar-refractivity contribution is 7.99. The fraction of sp³-hybridized carbons (Fsp3) is 0.278. The SMILES string of the molecule is CCOc1ccc(-n2c(SCCNS(C)(=O)=O)nc3ccccc32)cc1. The molecule has 1 N–H and O–H groups in total. The molecule has 0 aliphatic carbocycles. The maximum absolute atomic E-state index is 11.2. The molecule has 6 nitrogen and oxygen atoms in total. The predicted octanol–water partition coefficient (Wildman–Crippen LogP) is 3.07. The summed E-state index contributed by atoms with van der Waals surface area (Å²) >= 11 is 1.52. The van der Waals surface area contributed by atoms with Crippen molar-refractivity contribution in [1.29, 1.82) is 0 Å². The Balaban J connectivity index is 1.89. The minimum Gasteiger partial charge on any atom is -0.494 e. The Morgan fingerprint density at radius 1 is 1.15 bits per heavy atom. The van der Waals surface area contributed by atoms with Gasteiger partial charge in [0.25, 0.3) is 0 Å².